The molecule has 1 aromatic carbocycles. The number of aryl methyl sites for hydroxylation is 1. The van der Waals surface area contributed by atoms with Gasteiger partial charge < -0.3 is 10.1 Å². The maximum absolute atomic E-state index is 5.38. The normalized spacial score (nSPS) is 11.6. The molecule has 16 heavy (non-hydrogen) atoms. The minimum absolute atomic E-state index is 0.0626. The fourth-order valence-corrected chi connectivity index (χ4v) is 1.75. The molecule has 0 bridgehead atoms. The monoisotopic (exact) mass is 285 g/mol. The third-order valence-electron chi connectivity index (χ3n) is 2.79. The maximum Gasteiger partial charge on any atom is 0.0639 e. The summed E-state index contributed by atoms with van der Waals surface area (Å²) in [4.78, 5) is 0. The molecular weight excluding hydrogens is 266 g/mol. The molecule has 0 atom stereocenters. The molecule has 0 heterocycles. The summed E-state index contributed by atoms with van der Waals surface area (Å²) in [5.74, 6) is 0. The van der Waals surface area contributed by atoms with Gasteiger partial charge in [-0.25, -0.2) is 0 Å². The minimum atomic E-state index is -0.0626. The topological polar surface area (TPSA) is 21.3 Å². The van der Waals surface area contributed by atoms with Gasteiger partial charge in [0.2, 0.25) is 0 Å². The molecular formula is C13H20BrNO. The molecule has 1 rings (SSSR count). The van der Waals surface area contributed by atoms with Crippen molar-refractivity contribution < 1.29 is 4.74 Å². The molecule has 0 spiro atoms. The van der Waals surface area contributed by atoms with Crippen LogP contribution in [0, 0.1) is 6.92 Å². The van der Waals surface area contributed by atoms with E-state index in [-0.39, 0.29) is 5.60 Å². The first-order valence-electron chi connectivity index (χ1n) is 5.50. The molecule has 0 aliphatic rings. The number of benzene rings is 1. The number of anilines is 1. The van der Waals surface area contributed by atoms with Gasteiger partial charge in [-0.3, -0.25) is 0 Å². The number of hydrogen-bond donors (Lipinski definition) is 1. The van der Waals surface area contributed by atoms with Crippen LogP contribution >= 0.6 is 15.9 Å². The molecule has 0 amide bonds. The molecule has 0 radical (unpaired) electrons. The first kappa shape index (κ1) is 13.5. The lowest BCUT2D eigenvalue weighted by molar-refractivity contribution is 0.0185. The average molecular weight is 286 g/mol. The fourth-order valence-electron chi connectivity index (χ4n) is 1.38. The highest BCUT2D eigenvalue weighted by molar-refractivity contribution is 9.10. The summed E-state index contributed by atoms with van der Waals surface area (Å²) in [7, 11) is 1.75. The van der Waals surface area contributed by atoms with E-state index >= 15 is 0 Å². The van der Waals surface area contributed by atoms with Crippen LogP contribution in [0.2, 0.25) is 0 Å². The van der Waals surface area contributed by atoms with Crippen LogP contribution in [0.3, 0.4) is 0 Å². The molecule has 0 aromatic heterocycles. The van der Waals surface area contributed by atoms with E-state index in [9.17, 15) is 0 Å². The van der Waals surface area contributed by atoms with Crippen LogP contribution in [-0.4, -0.2) is 19.3 Å². The van der Waals surface area contributed by atoms with Crippen LogP contribution in [0.1, 0.15) is 25.8 Å². The highest BCUT2D eigenvalue weighted by atomic mass is 79.9. The predicted molar refractivity (Wildman–Crippen MR) is 73.1 cm³/mol. The van der Waals surface area contributed by atoms with E-state index < -0.39 is 0 Å². The largest absolute Gasteiger partial charge is 0.385 e. The van der Waals surface area contributed by atoms with E-state index in [1.54, 1.807) is 7.11 Å². The third-order valence-corrected chi connectivity index (χ3v) is 3.29. The summed E-state index contributed by atoms with van der Waals surface area (Å²) in [5, 5.41) is 3.43. The first-order valence-corrected chi connectivity index (χ1v) is 6.29. The van der Waals surface area contributed by atoms with Crippen molar-refractivity contribution in [1.82, 2.24) is 0 Å². The number of methoxy groups -OCH3 is 1. The molecule has 0 aliphatic carbocycles. The molecule has 1 aromatic rings. The van der Waals surface area contributed by atoms with Crippen molar-refractivity contribution >= 4 is 21.6 Å². The Bertz CT molecular complexity index is 350. The number of hydrogen-bond acceptors (Lipinski definition) is 2. The van der Waals surface area contributed by atoms with E-state index in [1.165, 1.54) is 11.3 Å². The third kappa shape index (κ3) is 4.14. The maximum atomic E-state index is 5.38. The Morgan fingerprint density at radius 2 is 2.06 bits per heavy atom. The van der Waals surface area contributed by atoms with E-state index in [2.05, 4.69) is 60.2 Å². The van der Waals surface area contributed by atoms with Gasteiger partial charge in [0.25, 0.3) is 0 Å². The lowest BCUT2D eigenvalue weighted by Gasteiger charge is -2.23. The van der Waals surface area contributed by atoms with Crippen molar-refractivity contribution in [2.75, 3.05) is 19.0 Å². The van der Waals surface area contributed by atoms with Crippen molar-refractivity contribution in [1.29, 1.82) is 0 Å². The van der Waals surface area contributed by atoms with Gasteiger partial charge in [0, 0.05) is 23.8 Å². The number of rotatable bonds is 5. The lowest BCUT2D eigenvalue weighted by Crippen LogP contribution is -2.25. The van der Waals surface area contributed by atoms with Crippen molar-refractivity contribution in [3.63, 3.8) is 0 Å². The Hall–Kier alpha value is -0.540. The van der Waals surface area contributed by atoms with Crippen molar-refractivity contribution in [3.8, 4) is 0 Å². The van der Waals surface area contributed by atoms with Gasteiger partial charge in [-0.1, -0.05) is 22.0 Å². The van der Waals surface area contributed by atoms with Gasteiger partial charge >= 0.3 is 0 Å². The van der Waals surface area contributed by atoms with Gasteiger partial charge in [0.05, 0.1) is 5.60 Å². The molecule has 0 aliphatic heterocycles. The Morgan fingerprint density at radius 3 is 2.69 bits per heavy atom. The lowest BCUT2D eigenvalue weighted by atomic mass is 10.1. The molecule has 0 unspecified atom stereocenters. The summed E-state index contributed by atoms with van der Waals surface area (Å²) in [5.41, 5.74) is 2.38. The van der Waals surface area contributed by atoms with Crippen molar-refractivity contribution in [2.45, 2.75) is 32.8 Å². The zero-order valence-corrected chi connectivity index (χ0v) is 12.0. The SMILES string of the molecule is COC(C)(C)CCNc1cc(Br)ccc1C. The first-order chi connectivity index (χ1) is 7.44. The number of halogens is 1. The van der Waals surface area contributed by atoms with Crippen LogP contribution in [0.15, 0.2) is 22.7 Å². The molecule has 2 nitrogen and oxygen atoms in total. The summed E-state index contributed by atoms with van der Waals surface area (Å²) < 4.78 is 6.48. The Kier molecular flexibility index (Phi) is 4.81. The highest BCUT2D eigenvalue weighted by Crippen LogP contribution is 2.21. The Morgan fingerprint density at radius 1 is 1.38 bits per heavy atom. The second kappa shape index (κ2) is 5.69. The smallest absolute Gasteiger partial charge is 0.0639 e. The van der Waals surface area contributed by atoms with Crippen molar-refractivity contribution in [2.24, 2.45) is 0 Å². The van der Waals surface area contributed by atoms with Crippen LogP contribution in [-0.2, 0) is 4.74 Å². The molecule has 0 saturated heterocycles. The molecule has 3 heteroatoms. The highest BCUT2D eigenvalue weighted by Gasteiger charge is 2.15. The molecule has 1 N–H and O–H groups in total. The summed E-state index contributed by atoms with van der Waals surface area (Å²) >= 11 is 3.48. The van der Waals surface area contributed by atoms with Gasteiger partial charge in [-0.2, -0.15) is 0 Å². The quantitative estimate of drug-likeness (QED) is 0.883. The Labute approximate surface area is 107 Å². The van der Waals surface area contributed by atoms with E-state index in [0.29, 0.717) is 0 Å². The van der Waals surface area contributed by atoms with Crippen molar-refractivity contribution in [3.05, 3.63) is 28.2 Å². The van der Waals surface area contributed by atoms with Crippen LogP contribution in [0.25, 0.3) is 0 Å². The van der Waals surface area contributed by atoms with E-state index in [0.717, 1.165) is 17.4 Å². The number of ether oxygens (including phenoxy) is 1. The number of nitrogens with one attached hydrogen (secondary N) is 1. The van der Waals surface area contributed by atoms with Gasteiger partial charge in [0.15, 0.2) is 0 Å². The van der Waals surface area contributed by atoms with Gasteiger partial charge in [-0.05, 0) is 44.9 Å². The van der Waals surface area contributed by atoms with Crippen LogP contribution < -0.4 is 5.32 Å². The zero-order chi connectivity index (χ0) is 12.2. The standard InChI is InChI=1S/C13H20BrNO/c1-10-5-6-11(14)9-12(10)15-8-7-13(2,3)16-4/h5-6,9,15H,7-8H2,1-4H3. The summed E-state index contributed by atoms with van der Waals surface area (Å²) in [6, 6.07) is 6.27. The average Bonchev–Trinajstić information content (AvgIpc) is 2.23. The zero-order valence-electron chi connectivity index (χ0n) is 10.4. The van der Waals surface area contributed by atoms with Crippen LogP contribution in [0.4, 0.5) is 5.69 Å². The Balaban J connectivity index is 2.52. The van der Waals surface area contributed by atoms with Gasteiger partial charge in [-0.15, -0.1) is 0 Å². The fraction of sp³-hybridized carbons (Fsp3) is 0.538. The van der Waals surface area contributed by atoms with E-state index in [1.807, 2.05) is 0 Å². The second-order valence-electron chi connectivity index (χ2n) is 4.60. The predicted octanol–water partition coefficient (Wildman–Crippen LogP) is 3.98. The molecule has 0 saturated carbocycles. The van der Waals surface area contributed by atoms with Gasteiger partial charge in [0.1, 0.15) is 0 Å². The molecule has 0 fully saturated rings. The van der Waals surface area contributed by atoms with Crippen LogP contribution in [0.5, 0.6) is 0 Å². The molecule has 90 valence electrons. The minimum Gasteiger partial charge on any atom is -0.385 e. The summed E-state index contributed by atoms with van der Waals surface area (Å²) in [6.07, 6.45) is 0.982. The second-order valence-corrected chi connectivity index (χ2v) is 5.52. The summed E-state index contributed by atoms with van der Waals surface area (Å²) in [6.45, 7) is 7.22. The van der Waals surface area contributed by atoms with E-state index in [4.69, 9.17) is 4.74 Å².